The number of hydrogen-bond donors (Lipinski definition) is 6. The monoisotopic (exact) mass is 1070 g/mol. The Kier molecular flexibility index (Phi) is 20.4. The second-order valence-electron chi connectivity index (χ2n) is 29.5. The molecule has 0 radical (unpaired) electrons. The van der Waals surface area contributed by atoms with E-state index in [9.17, 15) is 39.6 Å². The van der Waals surface area contributed by atoms with E-state index < -0.39 is 67.2 Å². The summed E-state index contributed by atoms with van der Waals surface area (Å²) in [5, 5.41) is 58.4. The standard InChI is InChI=1S/2C30H42O5.C5H12O2/c2*1-27(2,3)19-15-18(16-20(23(19)31)28(4,5)6)26(34)35-24-21(29(7,8)9)13-17(25(32)33)14-22(24)30(10,11)12;1-5(2,3-6)4-7/h2*13-16,31H,1-12H3,(H,32,33);6-7H,3-4H2,1-2H3. The maximum Gasteiger partial charge on any atom is 0.343 e. The number of hydrogen-bond acceptors (Lipinski definition) is 10. The number of carboxylic acids is 2. The Morgan fingerprint density at radius 1 is 0.325 bits per heavy atom. The summed E-state index contributed by atoms with van der Waals surface area (Å²) in [5.41, 5.74) is 2.57. The molecule has 12 nitrogen and oxygen atoms in total. The number of ether oxygens (including phenoxy) is 2. The van der Waals surface area contributed by atoms with Crippen molar-refractivity contribution in [2.24, 2.45) is 5.41 Å². The Bertz CT molecular complexity index is 2470. The fraction of sp³-hybridized carbons (Fsp3) is 0.569. The summed E-state index contributed by atoms with van der Waals surface area (Å²) in [6.45, 7) is 51.2. The van der Waals surface area contributed by atoms with E-state index in [1.54, 1.807) is 62.4 Å². The number of esters is 2. The van der Waals surface area contributed by atoms with Crippen LogP contribution in [0.25, 0.3) is 0 Å². The number of carbonyl (C=O) groups is 4. The molecular weight excluding hydrogens is 973 g/mol. The summed E-state index contributed by atoms with van der Waals surface area (Å²) in [7, 11) is 0. The first-order valence-corrected chi connectivity index (χ1v) is 26.5. The predicted molar refractivity (Wildman–Crippen MR) is 310 cm³/mol. The van der Waals surface area contributed by atoms with Gasteiger partial charge in [-0.25, -0.2) is 19.2 Å². The first-order chi connectivity index (χ1) is 34.2. The second kappa shape index (κ2) is 23.3. The number of rotatable bonds is 8. The molecule has 0 saturated carbocycles. The molecule has 0 aliphatic heterocycles. The molecule has 4 rings (SSSR count). The number of carboxylic acid groups (broad SMARTS) is 2. The molecule has 77 heavy (non-hydrogen) atoms. The molecule has 0 fully saturated rings. The first-order valence-electron chi connectivity index (χ1n) is 26.5. The molecular formula is C65H96O12. The van der Waals surface area contributed by atoms with Crippen LogP contribution in [0.2, 0.25) is 0 Å². The average Bonchev–Trinajstić information content (AvgIpc) is 3.23. The SMILES string of the molecule is CC(C)(C)c1cc(C(=O)Oc2c(C(C)(C)C)cc(C(=O)O)cc2C(C)(C)C)cc(C(C)(C)C)c1O.CC(C)(C)c1cc(C(=O)Oc2c(C(C)(C)C)cc(C(=O)O)cc2C(C)(C)C)cc(C(C)(C)C)c1O.CC(C)(CO)CO. The van der Waals surface area contributed by atoms with Crippen LogP contribution < -0.4 is 9.47 Å². The Morgan fingerprint density at radius 2 is 0.494 bits per heavy atom. The van der Waals surface area contributed by atoms with Crippen LogP contribution in [0.4, 0.5) is 0 Å². The number of phenolic OH excluding ortho intramolecular Hbond substituents is 2. The van der Waals surface area contributed by atoms with E-state index >= 15 is 0 Å². The molecule has 0 aliphatic carbocycles. The highest BCUT2D eigenvalue weighted by atomic mass is 16.5. The highest BCUT2D eigenvalue weighted by Gasteiger charge is 2.35. The smallest absolute Gasteiger partial charge is 0.343 e. The van der Waals surface area contributed by atoms with Gasteiger partial charge in [0.2, 0.25) is 0 Å². The lowest BCUT2D eigenvalue weighted by Gasteiger charge is -2.30. The normalized spacial score (nSPS) is 12.9. The summed E-state index contributed by atoms with van der Waals surface area (Å²) >= 11 is 0. The molecule has 0 saturated heterocycles. The van der Waals surface area contributed by atoms with Crippen molar-refractivity contribution < 1.29 is 59.3 Å². The average molecular weight is 1070 g/mol. The molecule has 6 N–H and O–H groups in total. The van der Waals surface area contributed by atoms with Crippen LogP contribution in [0.15, 0.2) is 48.5 Å². The van der Waals surface area contributed by atoms with Crippen molar-refractivity contribution in [2.45, 2.75) is 223 Å². The fourth-order valence-electron chi connectivity index (χ4n) is 8.10. The van der Waals surface area contributed by atoms with Crippen LogP contribution in [-0.2, 0) is 43.3 Å². The Balaban J connectivity index is 0.000000468. The van der Waals surface area contributed by atoms with Gasteiger partial charge in [-0.2, -0.15) is 0 Å². The van der Waals surface area contributed by atoms with Crippen LogP contribution in [-0.4, -0.2) is 67.7 Å². The summed E-state index contributed by atoms with van der Waals surface area (Å²) in [5.74, 6) is -1.97. The minimum atomic E-state index is -1.03. The number of benzene rings is 4. The van der Waals surface area contributed by atoms with Crippen molar-refractivity contribution in [2.75, 3.05) is 13.2 Å². The second-order valence-corrected chi connectivity index (χ2v) is 29.5. The lowest BCUT2D eigenvalue weighted by Crippen LogP contribution is -2.24. The van der Waals surface area contributed by atoms with Gasteiger partial charge in [-0.15, -0.1) is 0 Å². The number of carbonyl (C=O) groups excluding carboxylic acids is 2. The van der Waals surface area contributed by atoms with Gasteiger partial charge in [-0.3, -0.25) is 0 Å². The van der Waals surface area contributed by atoms with Crippen molar-refractivity contribution in [3.8, 4) is 23.0 Å². The number of aliphatic hydroxyl groups is 2. The van der Waals surface area contributed by atoms with Crippen molar-refractivity contribution in [1.29, 1.82) is 0 Å². The van der Waals surface area contributed by atoms with Gasteiger partial charge in [0, 0.05) is 49.9 Å². The molecule has 4 aromatic carbocycles. The molecule has 0 heterocycles. The van der Waals surface area contributed by atoms with Crippen molar-refractivity contribution in [3.05, 3.63) is 115 Å². The van der Waals surface area contributed by atoms with Crippen LogP contribution in [0.3, 0.4) is 0 Å². The highest BCUT2D eigenvalue weighted by Crippen LogP contribution is 2.46. The third-order valence-corrected chi connectivity index (χ3v) is 13.1. The van der Waals surface area contributed by atoms with E-state index in [0.717, 1.165) is 0 Å². The molecule has 4 aromatic rings. The topological polar surface area (TPSA) is 208 Å². The van der Waals surface area contributed by atoms with Crippen molar-refractivity contribution in [1.82, 2.24) is 0 Å². The van der Waals surface area contributed by atoms with Crippen LogP contribution in [0, 0.1) is 5.41 Å². The van der Waals surface area contributed by atoms with Crippen LogP contribution in [0.1, 0.15) is 266 Å². The van der Waals surface area contributed by atoms with Gasteiger partial charge in [-0.05, 0) is 91.9 Å². The molecule has 0 spiro atoms. The van der Waals surface area contributed by atoms with Gasteiger partial charge in [-0.1, -0.05) is 180 Å². The molecule has 0 aliphatic rings. The number of aliphatic hydroxyl groups excluding tert-OH is 2. The molecule has 428 valence electrons. The lowest BCUT2D eigenvalue weighted by atomic mass is 9.78. The van der Waals surface area contributed by atoms with Gasteiger partial charge in [0.15, 0.2) is 0 Å². The zero-order valence-electron chi connectivity index (χ0n) is 51.7. The van der Waals surface area contributed by atoms with Gasteiger partial charge in [0.05, 0.1) is 35.5 Å². The van der Waals surface area contributed by atoms with E-state index in [1.165, 1.54) is 0 Å². The Hall–Kier alpha value is -5.72. The molecule has 0 amide bonds. The van der Waals surface area contributed by atoms with Gasteiger partial charge in [0.25, 0.3) is 0 Å². The quantitative estimate of drug-likeness (QED) is 0.0720. The van der Waals surface area contributed by atoms with E-state index in [-0.39, 0.29) is 41.3 Å². The minimum absolute atomic E-state index is 0.0451. The number of aromatic hydroxyl groups is 2. The van der Waals surface area contributed by atoms with Crippen LogP contribution in [0.5, 0.6) is 23.0 Å². The first kappa shape index (κ1) is 67.4. The maximum absolute atomic E-state index is 13.6. The van der Waals surface area contributed by atoms with Crippen LogP contribution >= 0.6 is 0 Å². The third-order valence-electron chi connectivity index (χ3n) is 13.1. The lowest BCUT2D eigenvalue weighted by molar-refractivity contribution is 0.0684. The van der Waals surface area contributed by atoms with Crippen molar-refractivity contribution >= 4 is 23.9 Å². The third kappa shape index (κ3) is 17.6. The molecule has 0 atom stereocenters. The fourth-order valence-corrected chi connectivity index (χ4v) is 8.10. The zero-order valence-corrected chi connectivity index (χ0v) is 51.7. The highest BCUT2D eigenvalue weighted by molar-refractivity contribution is 5.95. The number of aromatic carboxylic acids is 2. The largest absolute Gasteiger partial charge is 0.507 e. The van der Waals surface area contributed by atoms with Crippen molar-refractivity contribution in [3.63, 3.8) is 0 Å². The van der Waals surface area contributed by atoms with Gasteiger partial charge < -0.3 is 40.1 Å². The van der Waals surface area contributed by atoms with E-state index in [1.807, 2.05) is 166 Å². The molecule has 0 unspecified atom stereocenters. The van der Waals surface area contributed by atoms with Gasteiger partial charge in [0.1, 0.15) is 23.0 Å². The molecule has 12 heteroatoms. The minimum Gasteiger partial charge on any atom is -0.507 e. The predicted octanol–water partition coefficient (Wildman–Crippen LogP) is 15.0. The Morgan fingerprint density at radius 3 is 0.623 bits per heavy atom. The summed E-state index contributed by atoms with van der Waals surface area (Å²) in [4.78, 5) is 51.0. The van der Waals surface area contributed by atoms with E-state index in [2.05, 4.69) is 0 Å². The summed E-state index contributed by atoms with van der Waals surface area (Å²) in [6, 6.07) is 13.2. The van der Waals surface area contributed by atoms with Gasteiger partial charge >= 0.3 is 23.9 Å². The number of phenols is 2. The van der Waals surface area contributed by atoms with E-state index in [4.69, 9.17) is 19.7 Å². The molecule has 0 bridgehead atoms. The Labute approximate surface area is 461 Å². The maximum atomic E-state index is 13.6. The zero-order chi connectivity index (χ0) is 60.5. The van der Waals surface area contributed by atoms with E-state index in [0.29, 0.717) is 67.1 Å². The summed E-state index contributed by atoms with van der Waals surface area (Å²) in [6.07, 6.45) is 0. The molecule has 0 aromatic heterocycles. The summed E-state index contributed by atoms with van der Waals surface area (Å²) < 4.78 is 12.2.